The van der Waals surface area contributed by atoms with Crippen molar-refractivity contribution >= 4 is 49.4 Å². The van der Waals surface area contributed by atoms with Gasteiger partial charge in [-0.1, -0.05) is 57.9 Å². The van der Waals surface area contributed by atoms with Crippen molar-refractivity contribution in [2.45, 2.75) is 74.0 Å². The van der Waals surface area contributed by atoms with E-state index in [0.717, 1.165) is 25.7 Å². The van der Waals surface area contributed by atoms with Gasteiger partial charge in [-0.2, -0.15) is 0 Å². The van der Waals surface area contributed by atoms with E-state index in [4.69, 9.17) is 16.3 Å². The molecule has 0 aromatic rings. The van der Waals surface area contributed by atoms with Crippen molar-refractivity contribution < 1.29 is 9.53 Å². The zero-order valence-corrected chi connectivity index (χ0v) is 17.6. The fraction of sp³-hybridized carbons (Fsp3) is 0.824. The highest BCUT2D eigenvalue weighted by molar-refractivity contribution is 9.09. The van der Waals surface area contributed by atoms with Crippen LogP contribution in [-0.2, 0) is 9.53 Å². The number of rotatable bonds is 1. The molecule has 2 nitrogen and oxygen atoms in total. The summed E-state index contributed by atoms with van der Waals surface area (Å²) >= 11 is 14.3. The van der Waals surface area contributed by atoms with Crippen LogP contribution in [0.15, 0.2) is 12.2 Å². The number of hydrogen-bond donors (Lipinski definition) is 0. The molecule has 0 amide bonds. The first-order valence-electron chi connectivity index (χ1n) is 7.76. The summed E-state index contributed by atoms with van der Waals surface area (Å²) < 4.78 is 5.53. The molecule has 126 valence electrons. The number of alkyl halides is 3. The van der Waals surface area contributed by atoms with Crippen LogP contribution in [0.25, 0.3) is 0 Å². The fourth-order valence-electron chi connectivity index (χ4n) is 4.18. The molecule has 0 aromatic carbocycles. The fourth-order valence-corrected chi connectivity index (χ4v) is 5.87. The van der Waals surface area contributed by atoms with E-state index in [1.54, 1.807) is 0 Å². The molecule has 0 aromatic heterocycles. The minimum atomic E-state index is -0.232. The first-order valence-corrected chi connectivity index (χ1v) is 9.97. The van der Waals surface area contributed by atoms with Crippen molar-refractivity contribution in [3.8, 4) is 0 Å². The molecule has 0 bridgehead atoms. The normalized spacial score (nSPS) is 44.9. The Balaban J connectivity index is 2.34. The lowest BCUT2D eigenvalue weighted by molar-refractivity contribution is -0.150. The van der Waals surface area contributed by atoms with Crippen LogP contribution >= 0.6 is 43.5 Å². The van der Waals surface area contributed by atoms with E-state index in [1.807, 2.05) is 0 Å². The van der Waals surface area contributed by atoms with Crippen molar-refractivity contribution in [3.63, 3.8) is 0 Å². The van der Waals surface area contributed by atoms with Gasteiger partial charge in [0.1, 0.15) is 6.10 Å². The lowest BCUT2D eigenvalue weighted by Crippen LogP contribution is -2.58. The maximum Gasteiger partial charge on any atom is 0.302 e. The lowest BCUT2D eigenvalue weighted by Gasteiger charge is -2.60. The number of halogens is 3. The quantitative estimate of drug-likeness (QED) is 0.292. The van der Waals surface area contributed by atoms with Gasteiger partial charge in [-0.3, -0.25) is 4.79 Å². The highest BCUT2D eigenvalue weighted by Gasteiger charge is 2.60. The Bertz CT molecular complexity index is 489. The zero-order valence-electron chi connectivity index (χ0n) is 13.7. The van der Waals surface area contributed by atoms with Crippen LogP contribution < -0.4 is 0 Å². The summed E-state index contributed by atoms with van der Waals surface area (Å²) in [6.07, 6.45) is 3.51. The summed E-state index contributed by atoms with van der Waals surface area (Å²) in [7, 11) is 0. The third kappa shape index (κ3) is 2.93. The number of hydrogen-bond acceptors (Lipinski definition) is 2. The highest BCUT2D eigenvalue weighted by Crippen LogP contribution is 2.64. The van der Waals surface area contributed by atoms with Crippen LogP contribution in [0.2, 0.25) is 0 Å². The van der Waals surface area contributed by atoms with E-state index >= 15 is 0 Å². The summed E-state index contributed by atoms with van der Waals surface area (Å²) in [4.78, 5) is 11.5. The second kappa shape index (κ2) is 6.07. The Morgan fingerprint density at radius 2 is 1.91 bits per heavy atom. The second-order valence-corrected chi connectivity index (χ2v) is 10.6. The van der Waals surface area contributed by atoms with Crippen molar-refractivity contribution in [1.29, 1.82) is 0 Å². The molecule has 2 rings (SSSR count). The number of carbonyl (C=O) groups is 1. The van der Waals surface area contributed by atoms with Crippen molar-refractivity contribution in [1.82, 2.24) is 0 Å². The summed E-state index contributed by atoms with van der Waals surface area (Å²) in [6, 6.07) is 0. The Labute approximate surface area is 155 Å². The maximum absolute atomic E-state index is 11.4. The molecule has 1 spiro atoms. The molecule has 2 aliphatic rings. The molecular weight excluding hydrogens is 431 g/mol. The van der Waals surface area contributed by atoms with E-state index in [1.165, 1.54) is 12.5 Å². The van der Waals surface area contributed by atoms with Gasteiger partial charge in [0.15, 0.2) is 0 Å². The SMILES string of the molecule is C=C1C[C@H](OC(C)=O)[C@H](Br)C(C)(C)[C@@]12CC[C@@](C)(Cl)[C@H](Br)C2. The summed E-state index contributed by atoms with van der Waals surface area (Å²) in [5.41, 5.74) is 1.14. The molecule has 22 heavy (non-hydrogen) atoms. The maximum atomic E-state index is 11.4. The second-order valence-electron chi connectivity index (χ2n) is 7.61. The zero-order chi connectivity index (χ0) is 16.9. The predicted octanol–water partition coefficient (Wildman–Crippen LogP) is 5.60. The molecule has 2 fully saturated rings. The van der Waals surface area contributed by atoms with Gasteiger partial charge in [0.2, 0.25) is 0 Å². The van der Waals surface area contributed by atoms with E-state index < -0.39 is 0 Å². The first kappa shape index (κ1) is 18.8. The van der Waals surface area contributed by atoms with E-state index in [2.05, 4.69) is 59.2 Å². The summed E-state index contributed by atoms with van der Waals surface area (Å²) in [5, 5.41) is 0. The van der Waals surface area contributed by atoms with Gasteiger partial charge in [-0.25, -0.2) is 0 Å². The van der Waals surface area contributed by atoms with Crippen LogP contribution in [0, 0.1) is 10.8 Å². The average Bonchev–Trinajstić information content (AvgIpc) is 2.38. The van der Waals surface area contributed by atoms with Gasteiger partial charge in [-0.05, 0) is 37.0 Å². The number of carbonyl (C=O) groups excluding carboxylic acids is 1. The average molecular weight is 457 g/mol. The van der Waals surface area contributed by atoms with Crippen molar-refractivity contribution in [2.75, 3.05) is 0 Å². The van der Waals surface area contributed by atoms with E-state index in [-0.39, 0.29) is 37.4 Å². The number of esters is 1. The predicted molar refractivity (Wildman–Crippen MR) is 99.1 cm³/mol. The Hall–Kier alpha value is 0.460. The van der Waals surface area contributed by atoms with Crippen molar-refractivity contribution in [2.24, 2.45) is 10.8 Å². The lowest BCUT2D eigenvalue weighted by atomic mass is 9.49. The molecule has 5 heteroatoms. The molecule has 0 unspecified atom stereocenters. The van der Waals surface area contributed by atoms with Crippen LogP contribution in [0.3, 0.4) is 0 Å². The van der Waals surface area contributed by atoms with Gasteiger partial charge < -0.3 is 4.74 Å². The number of ether oxygens (including phenoxy) is 1. The minimum absolute atomic E-state index is 0.0143. The molecule has 0 saturated heterocycles. The Morgan fingerprint density at radius 1 is 1.32 bits per heavy atom. The third-order valence-corrected chi connectivity index (χ3v) is 9.70. The Kier molecular flexibility index (Phi) is 5.19. The topological polar surface area (TPSA) is 26.3 Å². The summed E-state index contributed by atoms with van der Waals surface area (Å²) in [6.45, 7) is 12.5. The largest absolute Gasteiger partial charge is 0.461 e. The molecule has 5 atom stereocenters. The molecule has 0 N–H and O–H groups in total. The van der Waals surface area contributed by atoms with Gasteiger partial charge in [-0.15, -0.1) is 11.6 Å². The van der Waals surface area contributed by atoms with Gasteiger partial charge in [0.25, 0.3) is 0 Å². The molecule has 2 aliphatic carbocycles. The van der Waals surface area contributed by atoms with Crippen LogP contribution in [0.1, 0.15) is 53.4 Å². The van der Waals surface area contributed by atoms with Crippen LogP contribution in [0.4, 0.5) is 0 Å². The third-order valence-electron chi connectivity index (χ3n) is 5.91. The van der Waals surface area contributed by atoms with Crippen LogP contribution in [-0.4, -0.2) is 26.6 Å². The molecule has 0 aliphatic heterocycles. The van der Waals surface area contributed by atoms with Gasteiger partial charge >= 0.3 is 5.97 Å². The molecule has 2 saturated carbocycles. The summed E-state index contributed by atoms with van der Waals surface area (Å²) in [5.74, 6) is -0.232. The monoisotopic (exact) mass is 454 g/mol. The van der Waals surface area contributed by atoms with Crippen molar-refractivity contribution in [3.05, 3.63) is 12.2 Å². The van der Waals surface area contributed by atoms with Crippen LogP contribution in [0.5, 0.6) is 0 Å². The van der Waals surface area contributed by atoms with Gasteiger partial charge in [0.05, 0.1) is 9.70 Å². The minimum Gasteiger partial charge on any atom is -0.461 e. The molecular formula is C17H25Br2ClO2. The van der Waals surface area contributed by atoms with Gasteiger partial charge in [0, 0.05) is 18.2 Å². The van der Waals surface area contributed by atoms with E-state index in [9.17, 15) is 4.79 Å². The Morgan fingerprint density at radius 3 is 2.41 bits per heavy atom. The van der Waals surface area contributed by atoms with E-state index in [0.29, 0.717) is 0 Å². The molecule has 0 radical (unpaired) electrons. The molecule has 0 heterocycles. The highest BCUT2D eigenvalue weighted by atomic mass is 79.9. The smallest absolute Gasteiger partial charge is 0.302 e. The standard InChI is InChI=1S/C17H25Br2ClO2/c1-10-8-12(22-11(2)21)14(19)15(3,4)17(10)7-6-16(5,20)13(18)9-17/h12-14H,1,6-9H2,2-5H3/t12-,13+,14-,16+,17+/m0/s1. The first-order chi connectivity index (χ1) is 9.94.